The standard InChI is InChI=1S/C15H32N2O/c1-4-6-14(8-10-18)11-16-13(2)15-7-5-9-17(3)12-15/h13-16,18H,4-12H2,1-3H3. The van der Waals surface area contributed by atoms with Gasteiger partial charge in [0.25, 0.3) is 0 Å². The first-order valence-corrected chi connectivity index (χ1v) is 7.70. The van der Waals surface area contributed by atoms with E-state index in [9.17, 15) is 0 Å². The number of nitrogens with zero attached hydrogens (tertiary/aromatic N) is 1. The van der Waals surface area contributed by atoms with Crippen molar-refractivity contribution < 1.29 is 5.11 Å². The van der Waals surface area contributed by atoms with E-state index >= 15 is 0 Å². The summed E-state index contributed by atoms with van der Waals surface area (Å²) in [6.07, 6.45) is 6.08. The van der Waals surface area contributed by atoms with Gasteiger partial charge in [-0.1, -0.05) is 13.3 Å². The van der Waals surface area contributed by atoms with Crippen molar-refractivity contribution in [1.29, 1.82) is 0 Å². The predicted molar refractivity (Wildman–Crippen MR) is 77.8 cm³/mol. The third kappa shape index (κ3) is 5.68. The Morgan fingerprint density at radius 3 is 2.78 bits per heavy atom. The second-order valence-electron chi connectivity index (χ2n) is 6.03. The third-order valence-corrected chi connectivity index (χ3v) is 4.33. The van der Waals surface area contributed by atoms with Gasteiger partial charge in [0.1, 0.15) is 0 Å². The molecule has 0 spiro atoms. The SMILES string of the molecule is CCCC(CCO)CNC(C)C1CCCN(C)C1. The van der Waals surface area contributed by atoms with Gasteiger partial charge in [0.15, 0.2) is 0 Å². The molecule has 3 unspecified atom stereocenters. The van der Waals surface area contributed by atoms with Gasteiger partial charge in [-0.3, -0.25) is 0 Å². The normalized spacial score (nSPS) is 25.0. The van der Waals surface area contributed by atoms with Crippen LogP contribution < -0.4 is 5.32 Å². The molecule has 2 N–H and O–H groups in total. The molecule has 0 aliphatic carbocycles. The molecule has 18 heavy (non-hydrogen) atoms. The second kappa shape index (κ2) is 8.89. The fraction of sp³-hybridized carbons (Fsp3) is 1.00. The van der Waals surface area contributed by atoms with E-state index in [1.807, 2.05) is 0 Å². The maximum absolute atomic E-state index is 9.08. The predicted octanol–water partition coefficient (Wildman–Crippen LogP) is 2.10. The zero-order valence-electron chi connectivity index (χ0n) is 12.5. The topological polar surface area (TPSA) is 35.5 Å². The fourth-order valence-corrected chi connectivity index (χ4v) is 3.07. The summed E-state index contributed by atoms with van der Waals surface area (Å²) in [4.78, 5) is 2.45. The molecule has 3 atom stereocenters. The molecule has 1 aliphatic rings. The maximum Gasteiger partial charge on any atom is 0.0434 e. The molecule has 0 aromatic rings. The van der Waals surface area contributed by atoms with Crippen LogP contribution in [0.15, 0.2) is 0 Å². The van der Waals surface area contributed by atoms with E-state index in [4.69, 9.17) is 5.11 Å². The molecule has 0 amide bonds. The van der Waals surface area contributed by atoms with Gasteiger partial charge in [0, 0.05) is 19.2 Å². The summed E-state index contributed by atoms with van der Waals surface area (Å²) in [5, 5.41) is 12.8. The Labute approximate surface area is 113 Å². The molecule has 0 aromatic heterocycles. The number of nitrogens with one attached hydrogen (secondary N) is 1. The zero-order valence-corrected chi connectivity index (χ0v) is 12.5. The number of aliphatic hydroxyl groups is 1. The molecule has 1 rings (SSSR count). The van der Waals surface area contributed by atoms with E-state index in [0.717, 1.165) is 18.9 Å². The molecule has 108 valence electrons. The molecular formula is C15H32N2O. The molecule has 0 saturated carbocycles. The van der Waals surface area contributed by atoms with Crippen LogP contribution in [-0.4, -0.2) is 49.3 Å². The van der Waals surface area contributed by atoms with Crippen molar-refractivity contribution in [3.8, 4) is 0 Å². The third-order valence-electron chi connectivity index (χ3n) is 4.33. The smallest absolute Gasteiger partial charge is 0.0434 e. The molecule has 1 fully saturated rings. The average molecular weight is 256 g/mol. The van der Waals surface area contributed by atoms with Crippen LogP contribution in [0.2, 0.25) is 0 Å². The number of piperidine rings is 1. The summed E-state index contributed by atoms with van der Waals surface area (Å²) < 4.78 is 0. The Hall–Kier alpha value is -0.120. The number of rotatable bonds is 8. The van der Waals surface area contributed by atoms with Crippen LogP contribution in [0.5, 0.6) is 0 Å². The van der Waals surface area contributed by atoms with E-state index in [-0.39, 0.29) is 0 Å². The van der Waals surface area contributed by atoms with E-state index in [1.54, 1.807) is 0 Å². The van der Waals surface area contributed by atoms with E-state index in [0.29, 0.717) is 18.6 Å². The number of likely N-dealkylation sites (tertiary alicyclic amines) is 1. The Bertz CT molecular complexity index is 205. The van der Waals surface area contributed by atoms with Gasteiger partial charge in [-0.2, -0.15) is 0 Å². The Balaban J connectivity index is 2.27. The summed E-state index contributed by atoms with van der Waals surface area (Å²) >= 11 is 0. The fourth-order valence-electron chi connectivity index (χ4n) is 3.07. The summed E-state index contributed by atoms with van der Waals surface area (Å²) in [6.45, 7) is 8.43. The Morgan fingerprint density at radius 2 is 2.17 bits per heavy atom. The van der Waals surface area contributed by atoms with Crippen LogP contribution in [0.1, 0.15) is 46.0 Å². The summed E-state index contributed by atoms with van der Waals surface area (Å²) in [5.74, 6) is 1.43. The highest BCUT2D eigenvalue weighted by atomic mass is 16.3. The molecule has 3 nitrogen and oxygen atoms in total. The van der Waals surface area contributed by atoms with Crippen molar-refractivity contribution in [1.82, 2.24) is 10.2 Å². The van der Waals surface area contributed by atoms with Gasteiger partial charge < -0.3 is 15.3 Å². The van der Waals surface area contributed by atoms with Crippen LogP contribution in [0.25, 0.3) is 0 Å². The van der Waals surface area contributed by atoms with Crippen molar-refractivity contribution in [3.05, 3.63) is 0 Å². The highest BCUT2D eigenvalue weighted by Gasteiger charge is 2.22. The van der Waals surface area contributed by atoms with Crippen molar-refractivity contribution in [2.24, 2.45) is 11.8 Å². The number of hydrogen-bond acceptors (Lipinski definition) is 3. The lowest BCUT2D eigenvalue weighted by atomic mass is 9.91. The first-order chi connectivity index (χ1) is 8.67. The first kappa shape index (κ1) is 15.9. The molecule has 1 saturated heterocycles. The summed E-state index contributed by atoms with van der Waals surface area (Å²) in [5.41, 5.74) is 0. The minimum absolute atomic E-state index is 0.326. The van der Waals surface area contributed by atoms with Crippen molar-refractivity contribution in [3.63, 3.8) is 0 Å². The molecular weight excluding hydrogens is 224 g/mol. The van der Waals surface area contributed by atoms with Gasteiger partial charge in [-0.05, 0) is 64.6 Å². The maximum atomic E-state index is 9.08. The van der Waals surface area contributed by atoms with Gasteiger partial charge >= 0.3 is 0 Å². The summed E-state index contributed by atoms with van der Waals surface area (Å²) in [7, 11) is 2.23. The van der Waals surface area contributed by atoms with Gasteiger partial charge in [0.2, 0.25) is 0 Å². The summed E-state index contributed by atoms with van der Waals surface area (Å²) in [6, 6.07) is 0.603. The zero-order chi connectivity index (χ0) is 13.4. The Morgan fingerprint density at radius 1 is 1.39 bits per heavy atom. The van der Waals surface area contributed by atoms with E-state index in [1.165, 1.54) is 38.8 Å². The average Bonchev–Trinajstić information content (AvgIpc) is 2.36. The van der Waals surface area contributed by atoms with Crippen LogP contribution in [0.4, 0.5) is 0 Å². The van der Waals surface area contributed by atoms with Crippen LogP contribution >= 0.6 is 0 Å². The van der Waals surface area contributed by atoms with Crippen LogP contribution in [0, 0.1) is 11.8 Å². The largest absolute Gasteiger partial charge is 0.396 e. The highest BCUT2D eigenvalue weighted by molar-refractivity contribution is 4.79. The van der Waals surface area contributed by atoms with E-state index in [2.05, 4.69) is 31.1 Å². The highest BCUT2D eigenvalue weighted by Crippen LogP contribution is 2.19. The Kier molecular flexibility index (Phi) is 7.87. The molecule has 1 aliphatic heterocycles. The minimum atomic E-state index is 0.326. The van der Waals surface area contributed by atoms with Gasteiger partial charge in [-0.25, -0.2) is 0 Å². The van der Waals surface area contributed by atoms with E-state index < -0.39 is 0 Å². The van der Waals surface area contributed by atoms with Crippen LogP contribution in [0.3, 0.4) is 0 Å². The van der Waals surface area contributed by atoms with Crippen LogP contribution in [-0.2, 0) is 0 Å². The lowest BCUT2D eigenvalue weighted by molar-refractivity contribution is 0.173. The lowest BCUT2D eigenvalue weighted by Gasteiger charge is -2.34. The minimum Gasteiger partial charge on any atom is -0.396 e. The molecule has 0 radical (unpaired) electrons. The molecule has 0 aromatic carbocycles. The monoisotopic (exact) mass is 256 g/mol. The quantitative estimate of drug-likeness (QED) is 0.698. The number of aliphatic hydroxyl groups excluding tert-OH is 1. The lowest BCUT2D eigenvalue weighted by Crippen LogP contribution is -2.44. The number of hydrogen-bond donors (Lipinski definition) is 2. The van der Waals surface area contributed by atoms with Gasteiger partial charge in [-0.15, -0.1) is 0 Å². The second-order valence-corrected chi connectivity index (χ2v) is 6.03. The van der Waals surface area contributed by atoms with Crippen molar-refractivity contribution in [2.45, 2.75) is 52.0 Å². The molecule has 3 heteroatoms. The van der Waals surface area contributed by atoms with Gasteiger partial charge in [0.05, 0.1) is 0 Å². The van der Waals surface area contributed by atoms with Crippen molar-refractivity contribution >= 4 is 0 Å². The first-order valence-electron chi connectivity index (χ1n) is 7.70. The van der Waals surface area contributed by atoms with Crippen molar-refractivity contribution in [2.75, 3.05) is 33.3 Å². The molecule has 1 heterocycles. The molecule has 0 bridgehead atoms.